The van der Waals surface area contributed by atoms with Crippen LogP contribution in [0.4, 0.5) is 0 Å². The summed E-state index contributed by atoms with van der Waals surface area (Å²) in [5, 5.41) is 3.57. The molecule has 0 saturated heterocycles. The van der Waals surface area contributed by atoms with E-state index in [-0.39, 0.29) is 11.7 Å². The van der Waals surface area contributed by atoms with E-state index in [0.717, 1.165) is 4.88 Å². The molecule has 0 aliphatic carbocycles. The lowest BCUT2D eigenvalue weighted by Crippen LogP contribution is -2.22. The first kappa shape index (κ1) is 16.8. The first-order valence-corrected chi connectivity index (χ1v) is 8.51. The number of rotatable bonds is 5. The Morgan fingerprint density at radius 2 is 1.83 bits per heavy atom. The number of benzene rings is 1. The topological polar surface area (TPSA) is 59.3 Å². The van der Waals surface area contributed by atoms with Gasteiger partial charge in [-0.2, -0.15) is 0 Å². The Morgan fingerprint density at radius 3 is 2.50 bits per heavy atom. The van der Waals surface area contributed by atoms with Crippen LogP contribution in [-0.4, -0.2) is 11.7 Å². The largest absolute Gasteiger partial charge is 0.461 e. The van der Waals surface area contributed by atoms with Crippen molar-refractivity contribution >= 4 is 46.2 Å². The number of ketones is 1. The van der Waals surface area contributed by atoms with Crippen LogP contribution in [0.25, 0.3) is 0 Å². The number of halogens is 2. The second kappa shape index (κ2) is 7.21. The highest BCUT2D eigenvalue weighted by Gasteiger charge is 2.15. The third-order valence-electron chi connectivity index (χ3n) is 3.18. The lowest BCUT2D eigenvalue weighted by atomic mass is 10.2. The van der Waals surface area contributed by atoms with Gasteiger partial charge in [0, 0.05) is 20.5 Å². The fraction of sp³-hybridized carbons (Fsp3) is 0.0588. The molecule has 1 N–H and O–H groups in total. The van der Waals surface area contributed by atoms with Gasteiger partial charge in [0.2, 0.25) is 5.78 Å². The van der Waals surface area contributed by atoms with Gasteiger partial charge in [-0.25, -0.2) is 0 Å². The number of hydrogen-bond acceptors (Lipinski definition) is 4. The molecule has 0 atom stereocenters. The van der Waals surface area contributed by atoms with E-state index in [9.17, 15) is 9.59 Å². The van der Waals surface area contributed by atoms with Gasteiger partial charge in [0.05, 0.1) is 17.7 Å². The molecular weight excluding hydrogens is 369 g/mol. The maximum Gasteiger partial charge on any atom is 0.251 e. The highest BCUT2D eigenvalue weighted by molar-refractivity contribution is 7.14. The van der Waals surface area contributed by atoms with E-state index in [1.807, 2.05) is 0 Å². The molecule has 0 fully saturated rings. The Balaban J connectivity index is 1.65. The summed E-state index contributed by atoms with van der Waals surface area (Å²) in [6, 6.07) is 11.4. The van der Waals surface area contributed by atoms with E-state index in [1.165, 1.54) is 17.6 Å². The van der Waals surface area contributed by atoms with Crippen molar-refractivity contribution in [3.63, 3.8) is 0 Å². The van der Waals surface area contributed by atoms with E-state index in [1.54, 1.807) is 42.5 Å². The van der Waals surface area contributed by atoms with Gasteiger partial charge < -0.3 is 9.73 Å². The van der Waals surface area contributed by atoms with E-state index in [4.69, 9.17) is 27.6 Å². The minimum absolute atomic E-state index is 0.177. The molecule has 1 amide bonds. The van der Waals surface area contributed by atoms with E-state index >= 15 is 0 Å². The molecular formula is C17H11Cl2NO3S. The van der Waals surface area contributed by atoms with Crippen molar-refractivity contribution in [2.75, 3.05) is 0 Å². The molecule has 0 unspecified atom stereocenters. The van der Waals surface area contributed by atoms with Crippen molar-refractivity contribution < 1.29 is 14.0 Å². The van der Waals surface area contributed by atoms with Crippen LogP contribution in [0.3, 0.4) is 0 Å². The van der Waals surface area contributed by atoms with Crippen LogP contribution < -0.4 is 5.32 Å². The van der Waals surface area contributed by atoms with Crippen LogP contribution in [0.15, 0.2) is 53.1 Å². The third kappa shape index (κ3) is 3.87. The highest BCUT2D eigenvalue weighted by Crippen LogP contribution is 2.21. The molecule has 3 aromatic rings. The van der Waals surface area contributed by atoms with Crippen LogP contribution in [0.2, 0.25) is 10.0 Å². The molecule has 0 radical (unpaired) electrons. The highest BCUT2D eigenvalue weighted by atomic mass is 35.5. The summed E-state index contributed by atoms with van der Waals surface area (Å²) >= 11 is 13.1. The molecule has 0 bridgehead atoms. The summed E-state index contributed by atoms with van der Waals surface area (Å²) in [5.41, 5.74) is 0.385. The van der Waals surface area contributed by atoms with Gasteiger partial charge in [-0.3, -0.25) is 9.59 Å². The van der Waals surface area contributed by atoms with Crippen molar-refractivity contribution in [1.82, 2.24) is 5.32 Å². The van der Waals surface area contributed by atoms with Gasteiger partial charge in [0.1, 0.15) is 0 Å². The second-order valence-corrected chi connectivity index (χ2v) is 6.95. The molecule has 122 valence electrons. The minimum atomic E-state index is -0.285. The van der Waals surface area contributed by atoms with Gasteiger partial charge >= 0.3 is 0 Å². The normalized spacial score (nSPS) is 10.6. The van der Waals surface area contributed by atoms with Crippen molar-refractivity contribution in [3.8, 4) is 0 Å². The molecule has 0 aliphatic rings. The summed E-state index contributed by atoms with van der Waals surface area (Å²) in [6.45, 7) is 0.305. The van der Waals surface area contributed by atoms with Crippen LogP contribution >= 0.6 is 34.5 Å². The average molecular weight is 380 g/mol. The molecule has 0 aliphatic heterocycles. The molecule has 2 heterocycles. The zero-order chi connectivity index (χ0) is 17.1. The van der Waals surface area contributed by atoms with Crippen molar-refractivity contribution in [1.29, 1.82) is 0 Å². The average Bonchev–Trinajstić information content (AvgIpc) is 3.22. The maximum atomic E-state index is 12.2. The zero-order valence-corrected chi connectivity index (χ0v) is 14.5. The fourth-order valence-corrected chi connectivity index (χ4v) is 3.50. The van der Waals surface area contributed by atoms with Crippen LogP contribution in [0, 0.1) is 0 Å². The predicted molar refractivity (Wildman–Crippen MR) is 94.1 cm³/mol. The zero-order valence-electron chi connectivity index (χ0n) is 12.2. The molecule has 2 aromatic heterocycles. The first-order chi connectivity index (χ1) is 11.5. The van der Waals surface area contributed by atoms with Crippen molar-refractivity contribution in [2.24, 2.45) is 0 Å². The first-order valence-electron chi connectivity index (χ1n) is 6.94. The SMILES string of the molecule is O=C(NCc1ccc(C(=O)c2ccco2)s1)c1cc(Cl)cc(Cl)c1. The summed E-state index contributed by atoms with van der Waals surface area (Å²) in [5.74, 6) is -0.170. The standard InChI is InChI=1S/C17H11Cl2NO3S/c18-11-6-10(7-12(19)8-11)17(22)20-9-13-3-4-15(24-13)16(21)14-2-1-5-23-14/h1-8H,9H2,(H,20,22). The van der Waals surface area contributed by atoms with Crippen molar-refractivity contribution in [3.05, 3.63) is 79.9 Å². The maximum absolute atomic E-state index is 12.2. The van der Waals surface area contributed by atoms with Crippen LogP contribution in [0.1, 0.15) is 30.7 Å². The monoisotopic (exact) mass is 379 g/mol. The quantitative estimate of drug-likeness (QED) is 0.647. The van der Waals surface area contributed by atoms with E-state index in [2.05, 4.69) is 5.32 Å². The second-order valence-electron chi connectivity index (χ2n) is 4.91. The van der Waals surface area contributed by atoms with Gasteiger partial charge in [-0.1, -0.05) is 23.2 Å². The number of carbonyl (C=O) groups is 2. The van der Waals surface area contributed by atoms with E-state index < -0.39 is 0 Å². The molecule has 1 aromatic carbocycles. The molecule has 0 saturated carbocycles. The molecule has 4 nitrogen and oxygen atoms in total. The molecule has 24 heavy (non-hydrogen) atoms. The third-order valence-corrected chi connectivity index (χ3v) is 4.70. The van der Waals surface area contributed by atoms with Gasteiger partial charge in [-0.05, 0) is 42.5 Å². The number of hydrogen-bond donors (Lipinski definition) is 1. The Hall–Kier alpha value is -2.08. The number of thiophene rings is 1. The Labute approximate surface area is 152 Å². The predicted octanol–water partition coefficient (Wildman–Crippen LogP) is 4.81. The molecule has 3 rings (SSSR count). The number of furan rings is 1. The Morgan fingerprint density at radius 1 is 1.08 bits per heavy atom. The number of carbonyl (C=O) groups excluding carboxylic acids is 2. The fourth-order valence-electron chi connectivity index (χ4n) is 2.08. The van der Waals surface area contributed by atoms with Crippen LogP contribution in [0.5, 0.6) is 0 Å². The van der Waals surface area contributed by atoms with Gasteiger partial charge in [0.25, 0.3) is 5.91 Å². The van der Waals surface area contributed by atoms with Crippen LogP contribution in [-0.2, 0) is 6.54 Å². The van der Waals surface area contributed by atoms with Gasteiger partial charge in [-0.15, -0.1) is 11.3 Å². The summed E-state index contributed by atoms with van der Waals surface area (Å²) in [4.78, 5) is 25.7. The minimum Gasteiger partial charge on any atom is -0.461 e. The lowest BCUT2D eigenvalue weighted by molar-refractivity contribution is 0.0950. The number of amides is 1. The summed E-state index contributed by atoms with van der Waals surface area (Å²) < 4.78 is 5.10. The lowest BCUT2D eigenvalue weighted by Gasteiger charge is -2.05. The Bertz CT molecular complexity index is 867. The number of nitrogens with one attached hydrogen (secondary N) is 1. The van der Waals surface area contributed by atoms with Crippen molar-refractivity contribution in [2.45, 2.75) is 6.54 Å². The summed E-state index contributed by atoms with van der Waals surface area (Å²) in [6.07, 6.45) is 1.46. The molecule has 0 spiro atoms. The smallest absolute Gasteiger partial charge is 0.251 e. The molecule has 7 heteroatoms. The summed E-state index contributed by atoms with van der Waals surface area (Å²) in [7, 11) is 0. The Kier molecular flexibility index (Phi) is 5.04. The van der Waals surface area contributed by atoms with Gasteiger partial charge in [0.15, 0.2) is 5.76 Å². The van der Waals surface area contributed by atoms with E-state index in [0.29, 0.717) is 32.8 Å².